The topological polar surface area (TPSA) is 52.3 Å². The molecule has 3 nitrogen and oxygen atoms in total. The zero-order valence-electron chi connectivity index (χ0n) is 10.6. The molecule has 0 atom stereocenters. The predicted octanol–water partition coefficient (Wildman–Crippen LogP) is 2.60. The van der Waals surface area contributed by atoms with E-state index in [-0.39, 0.29) is 5.97 Å². The lowest BCUT2D eigenvalue weighted by Crippen LogP contribution is -2.39. The molecule has 1 heterocycles. The van der Waals surface area contributed by atoms with Crippen molar-refractivity contribution in [2.24, 2.45) is 11.1 Å². The highest BCUT2D eigenvalue weighted by Crippen LogP contribution is 2.26. The number of rotatable bonds is 7. The largest absolute Gasteiger partial charge is 0.465 e. The number of hydrogen-bond donors (Lipinski definition) is 1. The number of esters is 1. The van der Waals surface area contributed by atoms with E-state index in [1.54, 1.807) is 11.3 Å². The van der Waals surface area contributed by atoms with E-state index >= 15 is 0 Å². The number of carbonyl (C=O) groups excluding carboxylic acids is 1. The summed E-state index contributed by atoms with van der Waals surface area (Å²) in [6.07, 6.45) is 2.26. The Bertz CT molecular complexity index is 323. The van der Waals surface area contributed by atoms with Crippen LogP contribution in [-0.4, -0.2) is 19.1 Å². The lowest BCUT2D eigenvalue weighted by Gasteiger charge is -2.27. The Kier molecular flexibility index (Phi) is 5.65. The Morgan fingerprint density at radius 3 is 2.65 bits per heavy atom. The third-order valence-corrected chi connectivity index (χ3v) is 4.28. The second kappa shape index (κ2) is 6.77. The van der Waals surface area contributed by atoms with Crippen molar-refractivity contribution < 1.29 is 9.53 Å². The van der Waals surface area contributed by atoms with Gasteiger partial charge in [-0.1, -0.05) is 19.9 Å². The molecule has 0 saturated heterocycles. The Morgan fingerprint density at radius 1 is 1.47 bits per heavy atom. The zero-order chi connectivity index (χ0) is 12.7. The summed E-state index contributed by atoms with van der Waals surface area (Å²) in [5.41, 5.74) is 5.21. The Morgan fingerprint density at radius 2 is 2.18 bits per heavy atom. The highest BCUT2D eigenvalue weighted by molar-refractivity contribution is 7.09. The molecule has 0 radical (unpaired) electrons. The van der Waals surface area contributed by atoms with Crippen LogP contribution in [0, 0.1) is 5.41 Å². The van der Waals surface area contributed by atoms with Crippen LogP contribution in [0.4, 0.5) is 0 Å². The van der Waals surface area contributed by atoms with Gasteiger partial charge in [0.2, 0.25) is 0 Å². The van der Waals surface area contributed by atoms with E-state index in [4.69, 9.17) is 10.5 Å². The minimum absolute atomic E-state index is 0.151. The van der Waals surface area contributed by atoms with Crippen molar-refractivity contribution in [1.82, 2.24) is 0 Å². The summed E-state index contributed by atoms with van der Waals surface area (Å²) in [5.74, 6) is -0.151. The molecule has 1 aromatic rings. The van der Waals surface area contributed by atoms with Crippen molar-refractivity contribution in [3.63, 3.8) is 0 Å². The van der Waals surface area contributed by atoms with Gasteiger partial charge in [-0.2, -0.15) is 0 Å². The van der Waals surface area contributed by atoms with Crippen molar-refractivity contribution >= 4 is 17.3 Å². The minimum atomic E-state index is -0.491. The van der Waals surface area contributed by atoms with E-state index in [1.165, 1.54) is 4.88 Å². The van der Waals surface area contributed by atoms with E-state index in [0.29, 0.717) is 13.2 Å². The van der Waals surface area contributed by atoms with Gasteiger partial charge in [-0.05, 0) is 24.3 Å². The molecule has 0 saturated carbocycles. The standard InChI is InChI=1S/C13H21NO2S/c1-3-13(4-2,10-14)12(15)16-8-7-11-6-5-9-17-11/h5-6,9H,3-4,7-8,10,14H2,1-2H3. The van der Waals surface area contributed by atoms with Crippen molar-refractivity contribution in [3.8, 4) is 0 Å². The molecule has 0 bridgehead atoms. The molecule has 4 heteroatoms. The number of hydrogen-bond acceptors (Lipinski definition) is 4. The first kappa shape index (κ1) is 14.2. The highest BCUT2D eigenvalue weighted by atomic mass is 32.1. The number of ether oxygens (including phenoxy) is 1. The van der Waals surface area contributed by atoms with Crippen LogP contribution in [0.5, 0.6) is 0 Å². The molecule has 0 amide bonds. The lowest BCUT2D eigenvalue weighted by molar-refractivity contribution is -0.155. The third kappa shape index (κ3) is 3.54. The monoisotopic (exact) mass is 255 g/mol. The highest BCUT2D eigenvalue weighted by Gasteiger charge is 2.34. The van der Waals surface area contributed by atoms with Gasteiger partial charge < -0.3 is 10.5 Å². The predicted molar refractivity (Wildman–Crippen MR) is 71.1 cm³/mol. The first-order chi connectivity index (χ1) is 8.18. The lowest BCUT2D eigenvalue weighted by atomic mass is 9.82. The van der Waals surface area contributed by atoms with Gasteiger partial charge in [-0.3, -0.25) is 4.79 Å². The number of nitrogens with two attached hydrogens (primary N) is 1. The van der Waals surface area contributed by atoms with E-state index < -0.39 is 5.41 Å². The van der Waals surface area contributed by atoms with Crippen LogP contribution in [0.25, 0.3) is 0 Å². The average Bonchev–Trinajstić information content (AvgIpc) is 2.85. The van der Waals surface area contributed by atoms with Crippen molar-refractivity contribution in [2.75, 3.05) is 13.2 Å². The van der Waals surface area contributed by atoms with Crippen molar-refractivity contribution in [3.05, 3.63) is 22.4 Å². The molecule has 0 unspecified atom stereocenters. The SMILES string of the molecule is CCC(CC)(CN)C(=O)OCCc1cccs1. The maximum Gasteiger partial charge on any atom is 0.313 e. The number of thiophene rings is 1. The normalized spacial score (nSPS) is 11.5. The summed E-state index contributed by atoms with van der Waals surface area (Å²) in [4.78, 5) is 13.2. The van der Waals surface area contributed by atoms with Crippen LogP contribution >= 0.6 is 11.3 Å². The van der Waals surface area contributed by atoms with Crippen LogP contribution < -0.4 is 5.73 Å². The van der Waals surface area contributed by atoms with Crippen LogP contribution in [0.2, 0.25) is 0 Å². The van der Waals surface area contributed by atoms with Crippen LogP contribution in [0.1, 0.15) is 31.6 Å². The van der Waals surface area contributed by atoms with E-state index in [2.05, 4.69) is 0 Å². The Labute approximate surface area is 107 Å². The third-order valence-electron chi connectivity index (χ3n) is 3.34. The summed E-state index contributed by atoms with van der Waals surface area (Å²) in [6.45, 7) is 4.77. The van der Waals surface area contributed by atoms with Gasteiger partial charge in [-0.15, -0.1) is 11.3 Å². The van der Waals surface area contributed by atoms with Gasteiger partial charge in [0, 0.05) is 17.8 Å². The van der Waals surface area contributed by atoms with E-state index in [0.717, 1.165) is 19.3 Å². The molecule has 0 aliphatic carbocycles. The Balaban J connectivity index is 2.42. The molecule has 96 valence electrons. The molecule has 0 aliphatic rings. The van der Waals surface area contributed by atoms with Crippen molar-refractivity contribution in [1.29, 1.82) is 0 Å². The molecule has 1 rings (SSSR count). The van der Waals surface area contributed by atoms with Gasteiger partial charge in [0.25, 0.3) is 0 Å². The Hall–Kier alpha value is -0.870. The second-order valence-corrected chi connectivity index (χ2v) is 5.19. The van der Waals surface area contributed by atoms with Crippen LogP contribution in [0.3, 0.4) is 0 Å². The second-order valence-electron chi connectivity index (χ2n) is 4.16. The molecular formula is C13H21NO2S. The summed E-state index contributed by atoms with van der Waals surface area (Å²) < 4.78 is 5.34. The first-order valence-corrected chi connectivity index (χ1v) is 6.96. The number of carbonyl (C=O) groups is 1. The fraction of sp³-hybridized carbons (Fsp3) is 0.615. The fourth-order valence-corrected chi connectivity index (χ4v) is 2.45. The molecule has 0 fully saturated rings. The van der Waals surface area contributed by atoms with Crippen molar-refractivity contribution in [2.45, 2.75) is 33.1 Å². The van der Waals surface area contributed by atoms with Gasteiger partial charge in [0.15, 0.2) is 0 Å². The van der Waals surface area contributed by atoms with Crippen LogP contribution in [-0.2, 0) is 16.0 Å². The minimum Gasteiger partial charge on any atom is -0.465 e. The van der Waals surface area contributed by atoms with Crippen LogP contribution in [0.15, 0.2) is 17.5 Å². The first-order valence-electron chi connectivity index (χ1n) is 6.08. The molecule has 1 aromatic heterocycles. The molecule has 0 spiro atoms. The van der Waals surface area contributed by atoms with Gasteiger partial charge >= 0.3 is 5.97 Å². The molecule has 0 aromatic carbocycles. The maximum absolute atomic E-state index is 12.0. The molecule has 2 N–H and O–H groups in total. The average molecular weight is 255 g/mol. The zero-order valence-corrected chi connectivity index (χ0v) is 11.4. The van der Waals surface area contributed by atoms with E-state index in [1.807, 2.05) is 31.4 Å². The quantitative estimate of drug-likeness (QED) is 0.762. The summed E-state index contributed by atoms with van der Waals surface area (Å²) in [6, 6.07) is 4.05. The molecule has 17 heavy (non-hydrogen) atoms. The van der Waals surface area contributed by atoms with E-state index in [9.17, 15) is 4.79 Å². The summed E-state index contributed by atoms with van der Waals surface area (Å²) in [7, 11) is 0. The summed E-state index contributed by atoms with van der Waals surface area (Å²) in [5, 5.41) is 2.03. The fourth-order valence-electron chi connectivity index (χ4n) is 1.76. The molecule has 0 aliphatic heterocycles. The van der Waals surface area contributed by atoms with Gasteiger partial charge in [-0.25, -0.2) is 0 Å². The maximum atomic E-state index is 12.0. The molecular weight excluding hydrogens is 234 g/mol. The smallest absolute Gasteiger partial charge is 0.313 e. The van der Waals surface area contributed by atoms with Gasteiger partial charge in [0.05, 0.1) is 12.0 Å². The van der Waals surface area contributed by atoms with Gasteiger partial charge in [0.1, 0.15) is 0 Å². The summed E-state index contributed by atoms with van der Waals surface area (Å²) >= 11 is 1.68.